The van der Waals surface area contributed by atoms with E-state index in [1.807, 2.05) is 0 Å². The smallest absolute Gasteiger partial charge is 0.303 e. The van der Waals surface area contributed by atoms with Crippen LogP contribution in [0.5, 0.6) is 0 Å². The second-order valence-corrected chi connectivity index (χ2v) is 11.6. The highest BCUT2D eigenvalue weighted by Gasteiger charge is 2.77. The summed E-state index contributed by atoms with van der Waals surface area (Å²) in [7, 11) is 0. The topological polar surface area (TPSA) is 102 Å². The molecule has 1 saturated heterocycles. The summed E-state index contributed by atoms with van der Waals surface area (Å²) in [6.07, 6.45) is 6.65. The zero-order valence-corrected chi connectivity index (χ0v) is 19.6. The van der Waals surface area contributed by atoms with Crippen LogP contribution in [0.3, 0.4) is 0 Å². The van der Waals surface area contributed by atoms with Crippen molar-refractivity contribution in [1.82, 2.24) is 0 Å². The van der Waals surface area contributed by atoms with Crippen LogP contribution in [0, 0.1) is 28.6 Å². The van der Waals surface area contributed by atoms with Crippen LogP contribution in [-0.4, -0.2) is 52.8 Å². The van der Waals surface area contributed by atoms with Crippen LogP contribution in [0.4, 0.5) is 0 Å². The number of ether oxygens (including phenoxy) is 3. The van der Waals surface area contributed by atoms with E-state index >= 15 is 0 Å². The maximum atomic E-state index is 13.0. The predicted molar refractivity (Wildman–Crippen MR) is 113 cm³/mol. The molecule has 0 aromatic heterocycles. The Morgan fingerprint density at radius 3 is 2.31 bits per heavy atom. The molecule has 1 N–H and O–H groups in total. The molecule has 0 radical (unpaired) electrons. The van der Waals surface area contributed by atoms with Crippen LogP contribution in [0.15, 0.2) is 0 Å². The molecule has 5 fully saturated rings. The number of carbonyl (C=O) groups is 3. The minimum atomic E-state index is -1.44. The minimum Gasteiger partial charge on any atom is -0.462 e. The average molecular weight is 449 g/mol. The summed E-state index contributed by atoms with van der Waals surface area (Å²) < 4.78 is 17.0. The van der Waals surface area contributed by atoms with E-state index in [2.05, 4.69) is 13.8 Å². The lowest BCUT2D eigenvalue weighted by molar-refractivity contribution is -0.175. The van der Waals surface area contributed by atoms with Gasteiger partial charge in [0.25, 0.3) is 0 Å². The third-order valence-corrected chi connectivity index (χ3v) is 10.4. The van der Waals surface area contributed by atoms with E-state index in [1.54, 1.807) is 0 Å². The number of fused-ring (bicyclic) bond motifs is 4. The summed E-state index contributed by atoms with van der Waals surface area (Å²) in [5.41, 5.74) is -2.11. The van der Waals surface area contributed by atoms with Crippen molar-refractivity contribution < 1.29 is 33.7 Å². The first-order valence-electron chi connectivity index (χ1n) is 12.2. The van der Waals surface area contributed by atoms with Gasteiger partial charge >= 0.3 is 11.9 Å². The molecule has 178 valence electrons. The van der Waals surface area contributed by atoms with E-state index in [0.29, 0.717) is 18.3 Å². The summed E-state index contributed by atoms with van der Waals surface area (Å²) in [5.74, 6) is 0.0358. The first kappa shape index (κ1) is 22.3. The quantitative estimate of drug-likeness (QED) is 0.521. The van der Waals surface area contributed by atoms with E-state index in [-0.39, 0.29) is 47.5 Å². The number of carbonyl (C=O) groups excluding carboxylic acids is 3. The van der Waals surface area contributed by atoms with Gasteiger partial charge in [0, 0.05) is 31.1 Å². The van der Waals surface area contributed by atoms with E-state index in [1.165, 1.54) is 13.8 Å². The van der Waals surface area contributed by atoms with Gasteiger partial charge in [-0.3, -0.25) is 14.4 Å². The number of hydrogen-bond donors (Lipinski definition) is 1. The first-order valence-corrected chi connectivity index (χ1v) is 12.2. The SMILES string of the molecule is CC(=O)OCC(=O)[C@]1(O)CC[C@@H]2[C@@H]3C[C@@H]4O[C@@]45C[C@H](OC(C)=O)CC[C@]5(C)[C@H]3CC[C@@]21C. The minimum absolute atomic E-state index is 0.0288. The van der Waals surface area contributed by atoms with Crippen molar-refractivity contribution in [2.45, 2.75) is 102 Å². The lowest BCUT2D eigenvalue weighted by Gasteiger charge is -2.59. The van der Waals surface area contributed by atoms with Gasteiger partial charge in [-0.1, -0.05) is 13.8 Å². The summed E-state index contributed by atoms with van der Waals surface area (Å²) >= 11 is 0. The molecule has 4 saturated carbocycles. The zero-order valence-electron chi connectivity index (χ0n) is 19.6. The van der Waals surface area contributed by atoms with Gasteiger partial charge in [0.2, 0.25) is 5.78 Å². The Balaban J connectivity index is 1.38. The maximum Gasteiger partial charge on any atom is 0.303 e. The largest absolute Gasteiger partial charge is 0.462 e. The van der Waals surface area contributed by atoms with E-state index in [9.17, 15) is 19.5 Å². The highest BCUT2D eigenvalue weighted by Crippen LogP contribution is 2.74. The second kappa shape index (κ2) is 7.02. The number of rotatable bonds is 4. The predicted octanol–water partition coefficient (Wildman–Crippen LogP) is 2.96. The molecule has 4 aliphatic carbocycles. The van der Waals surface area contributed by atoms with Crippen molar-refractivity contribution >= 4 is 17.7 Å². The average Bonchev–Trinajstić information content (AvgIpc) is 3.34. The van der Waals surface area contributed by atoms with Gasteiger partial charge in [-0.25, -0.2) is 0 Å². The van der Waals surface area contributed by atoms with Crippen LogP contribution in [0.2, 0.25) is 0 Å². The fourth-order valence-electron chi connectivity index (χ4n) is 8.74. The van der Waals surface area contributed by atoms with Crippen molar-refractivity contribution in [2.24, 2.45) is 28.6 Å². The number of hydrogen-bond acceptors (Lipinski definition) is 7. The highest BCUT2D eigenvalue weighted by molar-refractivity contribution is 5.90. The summed E-state index contributed by atoms with van der Waals surface area (Å²) in [6, 6.07) is 0. The van der Waals surface area contributed by atoms with Crippen LogP contribution >= 0.6 is 0 Å². The molecular weight excluding hydrogens is 412 g/mol. The second-order valence-electron chi connectivity index (χ2n) is 11.6. The van der Waals surface area contributed by atoms with Gasteiger partial charge in [0.05, 0.1) is 6.10 Å². The molecule has 0 aromatic carbocycles. The van der Waals surface area contributed by atoms with Crippen LogP contribution in [-0.2, 0) is 28.6 Å². The molecule has 0 amide bonds. The molecule has 9 atom stereocenters. The van der Waals surface area contributed by atoms with Gasteiger partial charge in [-0.2, -0.15) is 0 Å². The van der Waals surface area contributed by atoms with Gasteiger partial charge < -0.3 is 19.3 Å². The van der Waals surface area contributed by atoms with Crippen molar-refractivity contribution in [3.8, 4) is 0 Å². The molecule has 32 heavy (non-hydrogen) atoms. The lowest BCUT2D eigenvalue weighted by atomic mass is 9.44. The summed E-state index contributed by atoms with van der Waals surface area (Å²) in [5, 5.41) is 11.6. The van der Waals surface area contributed by atoms with Gasteiger partial charge in [0.15, 0.2) is 6.61 Å². The van der Waals surface area contributed by atoms with Crippen molar-refractivity contribution in [2.75, 3.05) is 6.61 Å². The Kier molecular flexibility index (Phi) is 4.90. The Bertz CT molecular complexity index is 855. The summed E-state index contributed by atoms with van der Waals surface area (Å²) in [6.45, 7) is 6.83. The Morgan fingerprint density at radius 2 is 1.62 bits per heavy atom. The molecule has 1 spiro atoms. The van der Waals surface area contributed by atoms with Crippen molar-refractivity contribution in [1.29, 1.82) is 0 Å². The maximum absolute atomic E-state index is 13.0. The van der Waals surface area contributed by atoms with Crippen LogP contribution < -0.4 is 0 Å². The zero-order chi connectivity index (χ0) is 23.1. The van der Waals surface area contributed by atoms with Crippen molar-refractivity contribution in [3.63, 3.8) is 0 Å². The number of aliphatic hydroxyl groups is 1. The van der Waals surface area contributed by atoms with E-state index in [0.717, 1.165) is 44.9 Å². The highest BCUT2D eigenvalue weighted by atomic mass is 16.6. The normalized spacial score (nSPS) is 50.8. The number of epoxide rings is 1. The van der Waals surface area contributed by atoms with E-state index < -0.39 is 17.0 Å². The third-order valence-electron chi connectivity index (χ3n) is 10.4. The lowest BCUT2D eigenvalue weighted by Crippen LogP contribution is -2.61. The van der Waals surface area contributed by atoms with Gasteiger partial charge in [-0.05, 0) is 62.7 Å². The number of esters is 2. The monoisotopic (exact) mass is 448 g/mol. The first-order chi connectivity index (χ1) is 15.0. The molecule has 0 aromatic rings. The van der Waals surface area contributed by atoms with Crippen LogP contribution in [0.25, 0.3) is 0 Å². The Labute approximate surface area is 189 Å². The fourth-order valence-corrected chi connectivity index (χ4v) is 8.74. The Morgan fingerprint density at radius 1 is 0.969 bits per heavy atom. The van der Waals surface area contributed by atoms with Crippen LogP contribution in [0.1, 0.15) is 79.1 Å². The fraction of sp³-hybridized carbons (Fsp3) is 0.880. The van der Waals surface area contributed by atoms with E-state index in [4.69, 9.17) is 14.2 Å². The molecule has 0 bridgehead atoms. The molecule has 7 nitrogen and oxygen atoms in total. The molecule has 5 rings (SSSR count). The molecular formula is C25H36O7. The molecule has 1 heterocycles. The molecule has 1 aliphatic heterocycles. The van der Waals surface area contributed by atoms with Gasteiger partial charge in [-0.15, -0.1) is 0 Å². The molecule has 5 aliphatic rings. The standard InChI is InChI=1S/C25H36O7/c1-14(26)30-13-20(28)24(29)10-7-18-17-11-21-25(32-21)12-16(31-15(2)27)5-8-23(25,4)19(17)6-9-22(18,24)3/h16-19,21,29H,5-13H2,1-4H3/t16-,17+,18-,19+,21+,22+,23-,24-,25+/m1/s1. The molecule has 7 heteroatoms. The number of Topliss-reactive ketones (excluding diaryl/α,β-unsaturated/α-hetero) is 1. The third kappa shape index (κ3) is 2.82. The summed E-state index contributed by atoms with van der Waals surface area (Å²) in [4.78, 5) is 35.7. The molecule has 0 unspecified atom stereocenters. The van der Waals surface area contributed by atoms with Crippen molar-refractivity contribution in [3.05, 3.63) is 0 Å². The van der Waals surface area contributed by atoms with Gasteiger partial charge in [0.1, 0.15) is 17.3 Å². The Hall–Kier alpha value is -1.47. The number of ketones is 1.